The van der Waals surface area contributed by atoms with E-state index < -0.39 is 5.92 Å². The number of thiazole rings is 1. The van der Waals surface area contributed by atoms with Gasteiger partial charge >= 0.3 is 0 Å². The molecule has 1 fully saturated rings. The number of H-pyrrole nitrogens is 1. The number of amides is 2. The first kappa shape index (κ1) is 21.3. The molecule has 8 heteroatoms. The second kappa shape index (κ2) is 8.78. The number of carbonyl (C=O) groups is 2. The Morgan fingerprint density at radius 3 is 2.55 bits per heavy atom. The third kappa shape index (κ3) is 3.91. The van der Waals surface area contributed by atoms with E-state index in [9.17, 15) is 14.4 Å². The number of benzene rings is 2. The van der Waals surface area contributed by atoms with Crippen LogP contribution in [0.25, 0.3) is 15.3 Å². The van der Waals surface area contributed by atoms with Crippen molar-refractivity contribution in [2.75, 3.05) is 6.54 Å². The quantitative estimate of drug-likeness (QED) is 0.425. The van der Waals surface area contributed by atoms with E-state index >= 15 is 0 Å². The lowest BCUT2D eigenvalue weighted by atomic mass is 9.96. The van der Waals surface area contributed by atoms with E-state index in [0.717, 1.165) is 22.2 Å². The third-order valence-electron chi connectivity index (χ3n) is 6.04. The Bertz CT molecular complexity index is 1350. The molecule has 2 amide bonds. The molecule has 0 radical (unpaired) electrons. The van der Waals surface area contributed by atoms with E-state index in [2.05, 4.69) is 10.1 Å². The summed E-state index contributed by atoms with van der Waals surface area (Å²) >= 11 is 1.41. The Morgan fingerprint density at radius 2 is 1.79 bits per heavy atom. The summed E-state index contributed by atoms with van der Waals surface area (Å²) in [5.74, 6) is -1.27. The molecule has 1 atom stereocenters. The van der Waals surface area contributed by atoms with Crippen LogP contribution in [-0.2, 0) is 22.4 Å². The molecule has 3 heterocycles. The average molecular weight is 461 g/mol. The van der Waals surface area contributed by atoms with Gasteiger partial charge in [-0.25, -0.2) is 4.98 Å². The van der Waals surface area contributed by atoms with Crippen LogP contribution in [0.3, 0.4) is 0 Å². The smallest absolute Gasteiger partial charge is 0.277 e. The van der Waals surface area contributed by atoms with Crippen molar-refractivity contribution in [3.8, 4) is 5.13 Å². The van der Waals surface area contributed by atoms with Crippen molar-refractivity contribution in [3.63, 3.8) is 0 Å². The number of aromatic amines is 1. The van der Waals surface area contributed by atoms with Gasteiger partial charge in [0.2, 0.25) is 16.9 Å². The van der Waals surface area contributed by atoms with E-state index in [1.807, 2.05) is 61.5 Å². The highest BCUT2D eigenvalue weighted by molar-refractivity contribution is 7.20. The zero-order valence-electron chi connectivity index (χ0n) is 18.3. The van der Waals surface area contributed by atoms with Gasteiger partial charge in [0.25, 0.3) is 5.56 Å². The van der Waals surface area contributed by atoms with Crippen molar-refractivity contribution in [1.29, 1.82) is 0 Å². The molecule has 1 aliphatic rings. The molecule has 0 bridgehead atoms. The van der Waals surface area contributed by atoms with Crippen molar-refractivity contribution in [3.05, 3.63) is 81.8 Å². The molecule has 0 spiro atoms. The van der Waals surface area contributed by atoms with Gasteiger partial charge in [0, 0.05) is 18.7 Å². The number of hydrogen-bond donors (Lipinski definition) is 1. The van der Waals surface area contributed by atoms with Crippen molar-refractivity contribution in [2.24, 2.45) is 0 Å². The van der Waals surface area contributed by atoms with Crippen LogP contribution in [0.5, 0.6) is 0 Å². The number of nitrogens with one attached hydrogen (secondary N) is 1. The van der Waals surface area contributed by atoms with Gasteiger partial charge in [0.15, 0.2) is 0 Å². The lowest BCUT2D eigenvalue weighted by Gasteiger charge is -2.15. The SMILES string of the molecule is CCCc1[nH]n(-c2nc3ccccc3s2)c(=O)c1[C@H]1CC(=O)N(CCc2ccccc2)C1=O. The highest BCUT2D eigenvalue weighted by atomic mass is 32.1. The molecule has 168 valence electrons. The lowest BCUT2D eigenvalue weighted by Crippen LogP contribution is -2.33. The maximum atomic E-state index is 13.5. The zero-order valence-corrected chi connectivity index (χ0v) is 19.1. The summed E-state index contributed by atoms with van der Waals surface area (Å²) < 4.78 is 2.40. The normalized spacial score (nSPS) is 16.3. The van der Waals surface area contributed by atoms with Crippen LogP contribution >= 0.6 is 11.3 Å². The van der Waals surface area contributed by atoms with Crippen LogP contribution in [0.2, 0.25) is 0 Å². The molecule has 0 saturated carbocycles. The molecular weight excluding hydrogens is 436 g/mol. The number of fused-ring (bicyclic) bond motifs is 1. The molecule has 2 aromatic heterocycles. The summed E-state index contributed by atoms with van der Waals surface area (Å²) in [7, 11) is 0. The van der Waals surface area contributed by atoms with E-state index in [4.69, 9.17) is 0 Å². The molecule has 2 aromatic carbocycles. The fourth-order valence-electron chi connectivity index (χ4n) is 4.41. The monoisotopic (exact) mass is 460 g/mol. The van der Waals surface area contributed by atoms with E-state index in [1.165, 1.54) is 20.9 Å². The van der Waals surface area contributed by atoms with Gasteiger partial charge in [-0.2, -0.15) is 4.68 Å². The Hall–Kier alpha value is -3.52. The predicted octanol–water partition coefficient (Wildman–Crippen LogP) is 3.81. The summed E-state index contributed by atoms with van der Waals surface area (Å²) in [6, 6.07) is 17.5. The average Bonchev–Trinajstić information content (AvgIpc) is 3.47. The van der Waals surface area contributed by atoms with Gasteiger partial charge in [-0.05, 0) is 30.5 Å². The molecular formula is C25H24N4O3S. The number of aryl methyl sites for hydroxylation is 1. The Labute approximate surface area is 194 Å². The van der Waals surface area contributed by atoms with Gasteiger partial charge in [-0.3, -0.25) is 24.4 Å². The van der Waals surface area contributed by atoms with Crippen LogP contribution in [-0.4, -0.2) is 38.0 Å². The van der Waals surface area contributed by atoms with Crippen LogP contribution in [0.1, 0.15) is 42.5 Å². The molecule has 1 N–H and O–H groups in total. The van der Waals surface area contributed by atoms with Gasteiger partial charge in [0.05, 0.1) is 21.7 Å². The minimum atomic E-state index is -0.755. The zero-order chi connectivity index (χ0) is 22.9. The van der Waals surface area contributed by atoms with Gasteiger partial charge < -0.3 is 0 Å². The predicted molar refractivity (Wildman–Crippen MR) is 128 cm³/mol. The molecule has 1 aliphatic heterocycles. The van der Waals surface area contributed by atoms with Gasteiger partial charge in [-0.1, -0.05) is 67.1 Å². The number of para-hydroxylation sites is 1. The number of likely N-dealkylation sites (tertiary alicyclic amines) is 1. The first-order valence-corrected chi connectivity index (χ1v) is 12.0. The van der Waals surface area contributed by atoms with Crippen molar-refractivity contribution in [1.82, 2.24) is 19.7 Å². The summed E-state index contributed by atoms with van der Waals surface area (Å²) in [4.78, 5) is 45.4. The van der Waals surface area contributed by atoms with Gasteiger partial charge in [-0.15, -0.1) is 0 Å². The standard InChI is InChI=1S/C25H24N4O3S/c1-2-8-19-22(24(32)29(27-19)25-26-18-11-6-7-12-20(18)33-25)17-15-21(30)28(23(17)31)14-13-16-9-4-3-5-10-16/h3-7,9-12,17,27H,2,8,13-15H2,1H3/t17-/m1/s1. The largest absolute Gasteiger partial charge is 0.293 e. The number of nitrogens with zero attached hydrogens (tertiary/aromatic N) is 3. The number of rotatable bonds is 7. The van der Waals surface area contributed by atoms with E-state index in [-0.39, 0.29) is 23.8 Å². The minimum Gasteiger partial charge on any atom is -0.293 e. The van der Waals surface area contributed by atoms with Gasteiger partial charge in [0.1, 0.15) is 0 Å². The van der Waals surface area contributed by atoms with Crippen LogP contribution in [0.15, 0.2) is 59.4 Å². The number of carbonyl (C=O) groups excluding carboxylic acids is 2. The topological polar surface area (TPSA) is 88.1 Å². The molecule has 7 nitrogen and oxygen atoms in total. The summed E-state index contributed by atoms with van der Waals surface area (Å²) in [5.41, 5.74) is 2.69. The molecule has 0 unspecified atom stereocenters. The van der Waals surface area contributed by atoms with E-state index in [1.54, 1.807) is 0 Å². The fourth-order valence-corrected chi connectivity index (χ4v) is 5.34. The summed E-state index contributed by atoms with van der Waals surface area (Å²) in [6.07, 6.45) is 2.04. The summed E-state index contributed by atoms with van der Waals surface area (Å²) in [5, 5.41) is 3.71. The number of imide groups is 1. The van der Waals surface area contributed by atoms with Crippen LogP contribution in [0.4, 0.5) is 0 Å². The van der Waals surface area contributed by atoms with Crippen LogP contribution in [0, 0.1) is 0 Å². The molecule has 5 rings (SSSR count). The Kier molecular flexibility index (Phi) is 5.68. The fraction of sp³-hybridized carbons (Fsp3) is 0.280. The minimum absolute atomic E-state index is 0.0251. The first-order chi connectivity index (χ1) is 16.1. The Balaban J connectivity index is 1.47. The highest BCUT2D eigenvalue weighted by Gasteiger charge is 2.42. The second-order valence-electron chi connectivity index (χ2n) is 8.23. The second-order valence-corrected chi connectivity index (χ2v) is 9.24. The lowest BCUT2D eigenvalue weighted by molar-refractivity contribution is -0.138. The molecule has 33 heavy (non-hydrogen) atoms. The third-order valence-corrected chi connectivity index (χ3v) is 7.06. The van der Waals surface area contributed by atoms with Crippen molar-refractivity contribution < 1.29 is 9.59 Å². The van der Waals surface area contributed by atoms with Crippen molar-refractivity contribution >= 4 is 33.4 Å². The number of aromatic nitrogens is 3. The first-order valence-electron chi connectivity index (χ1n) is 11.1. The maximum Gasteiger partial charge on any atom is 0.277 e. The summed E-state index contributed by atoms with van der Waals surface area (Å²) in [6.45, 7) is 2.34. The van der Waals surface area contributed by atoms with E-state index in [0.29, 0.717) is 35.8 Å². The van der Waals surface area contributed by atoms with Crippen molar-refractivity contribution in [2.45, 2.75) is 38.5 Å². The number of hydrogen-bond acceptors (Lipinski definition) is 5. The Morgan fingerprint density at radius 1 is 1.03 bits per heavy atom. The molecule has 4 aromatic rings. The molecule has 1 saturated heterocycles. The molecule has 0 aliphatic carbocycles. The maximum absolute atomic E-state index is 13.5. The highest BCUT2D eigenvalue weighted by Crippen LogP contribution is 2.31. The van der Waals surface area contributed by atoms with Crippen LogP contribution < -0.4 is 5.56 Å².